The Balaban J connectivity index is 1.64. The van der Waals surface area contributed by atoms with Gasteiger partial charge in [0.1, 0.15) is 5.69 Å². The highest BCUT2D eigenvalue weighted by Gasteiger charge is 2.43. The van der Waals surface area contributed by atoms with Gasteiger partial charge in [0.05, 0.1) is 24.6 Å². The molecule has 0 aromatic carbocycles. The summed E-state index contributed by atoms with van der Waals surface area (Å²) in [6, 6.07) is 0.390. The number of ether oxygens (including phenoxy) is 1. The lowest BCUT2D eigenvalue weighted by Crippen LogP contribution is -2.23. The molecule has 4 rings (SSSR count). The fourth-order valence-electron chi connectivity index (χ4n) is 3.74. The van der Waals surface area contributed by atoms with E-state index in [4.69, 9.17) is 4.74 Å². The Bertz CT molecular complexity index is 609. The highest BCUT2D eigenvalue weighted by atomic mass is 16.5. The lowest BCUT2D eigenvalue weighted by molar-refractivity contribution is 0.00960. The van der Waals surface area contributed by atoms with E-state index in [1.54, 1.807) is 6.33 Å². The second kappa shape index (κ2) is 4.45. The molecule has 2 aliphatic rings. The molecule has 1 saturated carbocycles. The van der Waals surface area contributed by atoms with Gasteiger partial charge in [-0.25, -0.2) is 9.97 Å². The van der Waals surface area contributed by atoms with Crippen LogP contribution in [0.15, 0.2) is 18.7 Å². The van der Waals surface area contributed by atoms with Crippen molar-refractivity contribution in [2.24, 2.45) is 0 Å². The molecule has 2 aromatic rings. The monoisotopic (exact) mass is 272 g/mol. The average Bonchev–Trinajstić information content (AvgIpc) is 3.19. The van der Waals surface area contributed by atoms with Gasteiger partial charge in [0.25, 0.3) is 0 Å². The van der Waals surface area contributed by atoms with Gasteiger partial charge in [0.15, 0.2) is 5.82 Å². The highest BCUT2D eigenvalue weighted by Crippen LogP contribution is 2.45. The van der Waals surface area contributed by atoms with Gasteiger partial charge in [-0.1, -0.05) is 12.8 Å². The molecule has 1 N–H and O–H groups in total. The fourth-order valence-corrected chi connectivity index (χ4v) is 3.74. The number of H-pyrrole nitrogens is 1. The number of aromatic nitrogens is 4. The molecule has 0 radical (unpaired) electrons. The lowest BCUT2D eigenvalue weighted by atomic mass is 9.96. The van der Waals surface area contributed by atoms with E-state index in [2.05, 4.69) is 25.7 Å². The van der Waals surface area contributed by atoms with Crippen LogP contribution >= 0.6 is 0 Å². The molecular formula is C15H20N4O. The quantitative estimate of drug-likeness (QED) is 0.914. The van der Waals surface area contributed by atoms with Crippen LogP contribution in [0.3, 0.4) is 0 Å². The minimum atomic E-state index is 0.146. The van der Waals surface area contributed by atoms with E-state index in [0.29, 0.717) is 6.04 Å². The maximum Gasteiger partial charge on any atom is 0.160 e. The number of aromatic amines is 1. The zero-order valence-corrected chi connectivity index (χ0v) is 11.8. The van der Waals surface area contributed by atoms with Crippen LogP contribution in [0, 0.1) is 6.92 Å². The van der Waals surface area contributed by atoms with Crippen LogP contribution in [-0.2, 0) is 4.74 Å². The van der Waals surface area contributed by atoms with Gasteiger partial charge < -0.3 is 14.3 Å². The van der Waals surface area contributed by atoms with Gasteiger partial charge in [0, 0.05) is 18.1 Å². The molecule has 1 aliphatic heterocycles. The van der Waals surface area contributed by atoms with Gasteiger partial charge in [-0.3, -0.25) is 0 Å². The molecule has 1 unspecified atom stereocenters. The molecule has 1 atom stereocenters. The molecule has 20 heavy (non-hydrogen) atoms. The summed E-state index contributed by atoms with van der Waals surface area (Å²) in [5, 5.41) is 0. The van der Waals surface area contributed by atoms with Crippen LogP contribution in [0.5, 0.6) is 0 Å². The molecular weight excluding hydrogens is 252 g/mol. The third-order valence-corrected chi connectivity index (χ3v) is 4.81. The summed E-state index contributed by atoms with van der Waals surface area (Å²) in [6.07, 6.45) is 11.8. The average molecular weight is 272 g/mol. The first-order chi connectivity index (χ1) is 9.77. The third kappa shape index (κ3) is 1.80. The predicted molar refractivity (Wildman–Crippen MR) is 75.4 cm³/mol. The van der Waals surface area contributed by atoms with Gasteiger partial charge in [-0.15, -0.1) is 0 Å². The molecule has 0 amide bonds. The summed E-state index contributed by atoms with van der Waals surface area (Å²) in [4.78, 5) is 12.0. The minimum absolute atomic E-state index is 0.146. The van der Waals surface area contributed by atoms with Crippen molar-refractivity contribution in [3.8, 4) is 11.5 Å². The van der Waals surface area contributed by atoms with Crippen molar-refractivity contribution in [1.82, 2.24) is 19.5 Å². The molecule has 1 saturated heterocycles. The van der Waals surface area contributed by atoms with Gasteiger partial charge in [0.2, 0.25) is 0 Å². The smallest absolute Gasteiger partial charge is 0.160 e. The van der Waals surface area contributed by atoms with Crippen LogP contribution in [-0.4, -0.2) is 31.7 Å². The Kier molecular flexibility index (Phi) is 2.70. The Morgan fingerprint density at radius 2 is 2.20 bits per heavy atom. The minimum Gasteiger partial charge on any atom is -0.373 e. The Morgan fingerprint density at radius 3 is 2.95 bits per heavy atom. The van der Waals surface area contributed by atoms with E-state index in [-0.39, 0.29) is 5.60 Å². The van der Waals surface area contributed by atoms with Crippen molar-refractivity contribution in [1.29, 1.82) is 0 Å². The van der Waals surface area contributed by atoms with Crippen molar-refractivity contribution in [3.63, 3.8) is 0 Å². The summed E-state index contributed by atoms with van der Waals surface area (Å²) < 4.78 is 8.41. The van der Waals surface area contributed by atoms with Crippen molar-refractivity contribution >= 4 is 0 Å². The van der Waals surface area contributed by atoms with Crippen molar-refractivity contribution < 1.29 is 4.74 Å². The molecule has 5 nitrogen and oxygen atoms in total. The third-order valence-electron chi connectivity index (χ3n) is 4.81. The van der Waals surface area contributed by atoms with E-state index in [0.717, 1.165) is 30.2 Å². The van der Waals surface area contributed by atoms with Gasteiger partial charge in [-0.05, 0) is 26.2 Å². The second-order valence-corrected chi connectivity index (χ2v) is 6.09. The summed E-state index contributed by atoms with van der Waals surface area (Å²) in [5.41, 5.74) is 2.15. The maximum absolute atomic E-state index is 6.16. The first kappa shape index (κ1) is 12.1. The van der Waals surface area contributed by atoms with E-state index in [9.17, 15) is 0 Å². The Hall–Kier alpha value is -1.62. The summed E-state index contributed by atoms with van der Waals surface area (Å²) in [7, 11) is 0. The molecule has 0 bridgehead atoms. The lowest BCUT2D eigenvalue weighted by Gasteiger charge is -2.21. The molecule has 2 aromatic heterocycles. The number of nitrogens with zero attached hydrogens (tertiary/aromatic N) is 3. The Morgan fingerprint density at radius 1 is 1.35 bits per heavy atom. The SMILES string of the molecule is Cc1[nH]cnc1-c1nccn1C1COC2(CCCC2)C1. The molecule has 3 heterocycles. The summed E-state index contributed by atoms with van der Waals surface area (Å²) >= 11 is 0. The van der Waals surface area contributed by atoms with Crippen molar-refractivity contribution in [3.05, 3.63) is 24.4 Å². The zero-order chi connectivity index (χ0) is 13.6. The van der Waals surface area contributed by atoms with E-state index in [1.165, 1.54) is 25.7 Å². The molecule has 1 aliphatic carbocycles. The van der Waals surface area contributed by atoms with Crippen LogP contribution in [0.2, 0.25) is 0 Å². The number of imidazole rings is 2. The summed E-state index contributed by atoms with van der Waals surface area (Å²) in [6.45, 7) is 2.83. The highest BCUT2D eigenvalue weighted by molar-refractivity contribution is 5.53. The number of nitrogens with one attached hydrogen (secondary N) is 1. The maximum atomic E-state index is 6.16. The van der Waals surface area contributed by atoms with Crippen LogP contribution in [0.4, 0.5) is 0 Å². The first-order valence-electron chi connectivity index (χ1n) is 7.45. The molecule has 2 fully saturated rings. The van der Waals surface area contributed by atoms with Crippen molar-refractivity contribution in [2.45, 2.75) is 50.7 Å². The number of rotatable bonds is 2. The second-order valence-electron chi connectivity index (χ2n) is 6.09. The number of hydrogen-bond donors (Lipinski definition) is 1. The van der Waals surface area contributed by atoms with E-state index in [1.807, 2.05) is 13.1 Å². The number of aryl methyl sites for hydroxylation is 1. The zero-order valence-electron chi connectivity index (χ0n) is 11.8. The van der Waals surface area contributed by atoms with Crippen LogP contribution < -0.4 is 0 Å². The van der Waals surface area contributed by atoms with E-state index >= 15 is 0 Å². The first-order valence-corrected chi connectivity index (χ1v) is 7.45. The largest absolute Gasteiger partial charge is 0.373 e. The molecule has 5 heteroatoms. The van der Waals surface area contributed by atoms with Crippen LogP contribution in [0.1, 0.15) is 43.8 Å². The Labute approximate surface area is 118 Å². The molecule has 106 valence electrons. The van der Waals surface area contributed by atoms with Crippen LogP contribution in [0.25, 0.3) is 11.5 Å². The normalized spacial score (nSPS) is 24.8. The van der Waals surface area contributed by atoms with E-state index < -0.39 is 0 Å². The predicted octanol–water partition coefficient (Wildman–Crippen LogP) is 2.86. The summed E-state index contributed by atoms with van der Waals surface area (Å²) in [5.74, 6) is 0.951. The van der Waals surface area contributed by atoms with Gasteiger partial charge >= 0.3 is 0 Å². The topological polar surface area (TPSA) is 55.7 Å². The van der Waals surface area contributed by atoms with Gasteiger partial charge in [-0.2, -0.15) is 0 Å². The molecule has 1 spiro atoms. The number of hydrogen-bond acceptors (Lipinski definition) is 3. The van der Waals surface area contributed by atoms with Crippen molar-refractivity contribution in [2.75, 3.05) is 6.61 Å². The fraction of sp³-hybridized carbons (Fsp3) is 0.600. The standard InChI is InChI=1S/C15H20N4O/c1-11-13(18-10-17-11)14-16-6-7-19(14)12-8-15(20-9-12)4-2-3-5-15/h6-7,10,12H,2-5,8-9H2,1H3,(H,17,18).